The number of primary amides is 1. The number of imidazole rings is 1. The van der Waals surface area contributed by atoms with Gasteiger partial charge in [0.25, 0.3) is 0 Å². The second-order valence-corrected chi connectivity index (χ2v) is 7.80. The van der Waals surface area contributed by atoms with E-state index in [1.807, 2.05) is 0 Å². The van der Waals surface area contributed by atoms with Crippen LogP contribution in [0.2, 0.25) is 0 Å². The first-order valence-corrected chi connectivity index (χ1v) is 10.3. The number of aromatic nitrogens is 2. The Morgan fingerprint density at radius 1 is 1.09 bits per heavy atom. The van der Waals surface area contributed by atoms with Gasteiger partial charge in [0, 0.05) is 24.1 Å². The molecular formula is C18H29N7O6S. The highest BCUT2D eigenvalue weighted by molar-refractivity contribution is 7.80. The summed E-state index contributed by atoms with van der Waals surface area (Å²) in [4.78, 5) is 66.7. The minimum Gasteiger partial charge on any atom is -0.480 e. The molecule has 32 heavy (non-hydrogen) atoms. The quantitative estimate of drug-likeness (QED) is 0.141. The molecule has 0 saturated heterocycles. The number of nitrogens with two attached hydrogens (primary N) is 2. The molecule has 0 saturated carbocycles. The lowest BCUT2D eigenvalue weighted by atomic mass is 10.0. The first-order valence-electron chi connectivity index (χ1n) is 9.72. The van der Waals surface area contributed by atoms with E-state index in [9.17, 15) is 24.0 Å². The second-order valence-electron chi connectivity index (χ2n) is 7.43. The third-order valence-corrected chi connectivity index (χ3v) is 4.78. The molecule has 4 amide bonds. The molecule has 0 aliphatic rings. The topological polar surface area (TPSA) is 222 Å². The Balaban J connectivity index is 2.99. The van der Waals surface area contributed by atoms with Gasteiger partial charge in [-0.05, 0) is 5.92 Å². The maximum absolute atomic E-state index is 13.0. The Kier molecular flexibility index (Phi) is 10.6. The van der Waals surface area contributed by atoms with Crippen LogP contribution in [-0.2, 0) is 30.4 Å². The smallest absolute Gasteiger partial charge is 0.327 e. The minimum atomic E-state index is -1.27. The molecule has 178 valence electrons. The lowest BCUT2D eigenvalue weighted by Gasteiger charge is -2.26. The molecule has 4 atom stereocenters. The summed E-state index contributed by atoms with van der Waals surface area (Å²) in [6, 6.07) is -4.77. The number of nitrogens with one attached hydrogen (secondary N) is 4. The van der Waals surface area contributed by atoms with Gasteiger partial charge in [-0.3, -0.25) is 19.2 Å². The fourth-order valence-corrected chi connectivity index (χ4v) is 2.90. The molecule has 4 unspecified atom stereocenters. The Morgan fingerprint density at radius 3 is 2.19 bits per heavy atom. The highest BCUT2D eigenvalue weighted by Crippen LogP contribution is 2.06. The Hall–Kier alpha value is -3.13. The number of carboxylic acids is 1. The zero-order valence-corrected chi connectivity index (χ0v) is 18.6. The molecule has 9 N–H and O–H groups in total. The number of nitrogens with zero attached hydrogens (tertiary/aromatic N) is 1. The largest absolute Gasteiger partial charge is 0.480 e. The Bertz CT molecular complexity index is 817. The average molecular weight is 472 g/mol. The van der Waals surface area contributed by atoms with Gasteiger partial charge in [0.15, 0.2) is 0 Å². The number of hydrogen-bond donors (Lipinski definition) is 8. The standard InChI is InChI=1S/C18H29N7O6S/c1-8(2)14(17(29)24-12(6-32)18(30)31)25-16(28)11(3-9-5-21-7-22-9)23-15(27)10(19)4-13(20)26/h5,7-8,10-12,14,32H,3-4,6,19H2,1-2H3,(H2,20,26)(H,21,22)(H,23,27)(H,24,29)(H,25,28)(H,30,31). The van der Waals surface area contributed by atoms with Gasteiger partial charge >= 0.3 is 5.97 Å². The van der Waals surface area contributed by atoms with Gasteiger partial charge in [0.2, 0.25) is 23.6 Å². The Labute approximate surface area is 189 Å². The molecule has 14 heteroatoms. The molecule has 0 bridgehead atoms. The van der Waals surface area contributed by atoms with E-state index in [-0.39, 0.29) is 12.2 Å². The summed E-state index contributed by atoms with van der Waals surface area (Å²) in [5.74, 6) is -4.82. The predicted octanol–water partition coefficient (Wildman–Crippen LogP) is -2.72. The summed E-state index contributed by atoms with van der Waals surface area (Å²) >= 11 is 3.90. The van der Waals surface area contributed by atoms with Crippen molar-refractivity contribution < 1.29 is 29.1 Å². The number of carbonyl (C=O) groups excluding carboxylic acids is 4. The van der Waals surface area contributed by atoms with Crippen LogP contribution in [0.5, 0.6) is 0 Å². The number of aromatic amines is 1. The van der Waals surface area contributed by atoms with E-state index >= 15 is 0 Å². The van der Waals surface area contributed by atoms with E-state index in [2.05, 4.69) is 38.5 Å². The highest BCUT2D eigenvalue weighted by atomic mass is 32.1. The van der Waals surface area contributed by atoms with Crippen LogP contribution >= 0.6 is 12.6 Å². The van der Waals surface area contributed by atoms with Crippen LogP contribution < -0.4 is 27.4 Å². The SMILES string of the molecule is CC(C)C(NC(=O)C(Cc1cnc[nH]1)NC(=O)C(N)CC(N)=O)C(=O)NC(CS)C(=O)O. The molecule has 1 aromatic heterocycles. The summed E-state index contributed by atoms with van der Waals surface area (Å²) in [5, 5.41) is 16.4. The minimum absolute atomic E-state index is 0.0122. The number of rotatable bonds is 13. The normalized spacial score (nSPS) is 14.7. The summed E-state index contributed by atoms with van der Waals surface area (Å²) in [7, 11) is 0. The average Bonchev–Trinajstić information content (AvgIpc) is 3.21. The third kappa shape index (κ3) is 8.55. The maximum atomic E-state index is 13.0. The first-order chi connectivity index (χ1) is 15.0. The fourth-order valence-electron chi connectivity index (χ4n) is 2.65. The van der Waals surface area contributed by atoms with Crippen molar-refractivity contribution >= 4 is 42.2 Å². The second kappa shape index (κ2) is 12.7. The maximum Gasteiger partial charge on any atom is 0.327 e. The van der Waals surface area contributed by atoms with Gasteiger partial charge in [-0.15, -0.1) is 0 Å². The van der Waals surface area contributed by atoms with E-state index < -0.39 is 66.1 Å². The van der Waals surface area contributed by atoms with E-state index in [1.54, 1.807) is 13.8 Å². The number of H-pyrrole nitrogens is 1. The number of aliphatic carboxylic acids is 1. The van der Waals surface area contributed by atoms with Crippen molar-refractivity contribution in [3.8, 4) is 0 Å². The predicted molar refractivity (Wildman–Crippen MR) is 116 cm³/mol. The first kappa shape index (κ1) is 26.9. The zero-order chi connectivity index (χ0) is 24.4. The van der Waals surface area contributed by atoms with Crippen LogP contribution in [0.25, 0.3) is 0 Å². The molecule has 0 fully saturated rings. The summed E-state index contributed by atoms with van der Waals surface area (Å²) in [5.41, 5.74) is 11.2. The molecule has 1 aromatic rings. The van der Waals surface area contributed by atoms with Crippen molar-refractivity contribution in [2.45, 2.75) is 50.9 Å². The van der Waals surface area contributed by atoms with E-state index in [0.29, 0.717) is 5.69 Å². The van der Waals surface area contributed by atoms with Crippen molar-refractivity contribution in [2.75, 3.05) is 5.75 Å². The molecule has 1 rings (SSSR count). The van der Waals surface area contributed by atoms with Crippen LogP contribution in [0.4, 0.5) is 0 Å². The van der Waals surface area contributed by atoms with Crippen molar-refractivity contribution in [2.24, 2.45) is 17.4 Å². The van der Waals surface area contributed by atoms with E-state index in [4.69, 9.17) is 16.6 Å². The van der Waals surface area contributed by atoms with Crippen LogP contribution in [0.15, 0.2) is 12.5 Å². The fraction of sp³-hybridized carbons (Fsp3) is 0.556. The van der Waals surface area contributed by atoms with Crippen molar-refractivity contribution in [3.63, 3.8) is 0 Å². The summed E-state index contributed by atoms with van der Waals surface area (Å²) < 4.78 is 0. The van der Waals surface area contributed by atoms with Gasteiger partial charge in [0.05, 0.1) is 18.8 Å². The summed E-state index contributed by atoms with van der Waals surface area (Å²) in [6.07, 6.45) is 2.41. The zero-order valence-electron chi connectivity index (χ0n) is 17.7. The number of carboxylic acid groups (broad SMARTS) is 1. The lowest BCUT2D eigenvalue weighted by molar-refractivity contribution is -0.142. The monoisotopic (exact) mass is 471 g/mol. The Morgan fingerprint density at radius 2 is 1.72 bits per heavy atom. The van der Waals surface area contributed by atoms with Gasteiger partial charge in [-0.2, -0.15) is 12.6 Å². The van der Waals surface area contributed by atoms with Crippen LogP contribution in [0, 0.1) is 5.92 Å². The van der Waals surface area contributed by atoms with Crippen LogP contribution in [-0.4, -0.2) is 74.6 Å². The molecule has 13 nitrogen and oxygen atoms in total. The molecule has 1 heterocycles. The van der Waals surface area contributed by atoms with Crippen LogP contribution in [0.3, 0.4) is 0 Å². The van der Waals surface area contributed by atoms with Crippen molar-refractivity contribution in [1.82, 2.24) is 25.9 Å². The number of thiol groups is 1. The molecule has 0 aliphatic carbocycles. The number of amides is 4. The van der Waals surface area contributed by atoms with E-state index in [0.717, 1.165) is 0 Å². The molecule has 0 radical (unpaired) electrons. The van der Waals surface area contributed by atoms with Crippen LogP contribution in [0.1, 0.15) is 26.0 Å². The molecule has 0 aromatic carbocycles. The van der Waals surface area contributed by atoms with Gasteiger partial charge in [0.1, 0.15) is 18.1 Å². The van der Waals surface area contributed by atoms with Gasteiger partial charge in [-0.1, -0.05) is 13.8 Å². The molecule has 0 aliphatic heterocycles. The number of carbonyl (C=O) groups is 5. The summed E-state index contributed by atoms with van der Waals surface area (Å²) in [6.45, 7) is 3.32. The van der Waals surface area contributed by atoms with Gasteiger partial charge < -0.3 is 37.5 Å². The van der Waals surface area contributed by atoms with E-state index in [1.165, 1.54) is 12.5 Å². The number of hydrogen-bond acceptors (Lipinski definition) is 8. The molecular weight excluding hydrogens is 442 g/mol. The van der Waals surface area contributed by atoms with Crippen molar-refractivity contribution in [1.29, 1.82) is 0 Å². The lowest BCUT2D eigenvalue weighted by Crippen LogP contribution is -2.59. The molecule has 0 spiro atoms. The highest BCUT2D eigenvalue weighted by Gasteiger charge is 2.32. The van der Waals surface area contributed by atoms with Gasteiger partial charge in [-0.25, -0.2) is 9.78 Å². The van der Waals surface area contributed by atoms with Crippen molar-refractivity contribution in [3.05, 3.63) is 18.2 Å². The third-order valence-electron chi connectivity index (χ3n) is 4.41.